The number of amides is 1. The van der Waals surface area contributed by atoms with Gasteiger partial charge in [-0.2, -0.15) is 0 Å². The number of nitrogens with one attached hydrogen (secondary N) is 1. The summed E-state index contributed by atoms with van der Waals surface area (Å²) in [5.41, 5.74) is 1.79. The van der Waals surface area contributed by atoms with Crippen molar-refractivity contribution in [2.75, 3.05) is 5.32 Å². The van der Waals surface area contributed by atoms with Gasteiger partial charge >= 0.3 is 0 Å². The Morgan fingerprint density at radius 2 is 2.18 bits per heavy atom. The number of carbonyl (C=O) groups excluding carboxylic acids is 1. The normalized spacial score (nSPS) is 14.9. The first-order chi connectivity index (χ1) is 13.3. The van der Waals surface area contributed by atoms with Crippen molar-refractivity contribution in [3.05, 3.63) is 46.4 Å². The Labute approximate surface area is 184 Å². The number of carbonyl (C=O) groups is 1. The van der Waals surface area contributed by atoms with Crippen LogP contribution in [-0.2, 0) is 6.54 Å². The van der Waals surface area contributed by atoms with Gasteiger partial charge in [-0.1, -0.05) is 23.7 Å². The second-order valence-corrected chi connectivity index (χ2v) is 9.54. The number of furan rings is 1. The molecule has 1 aliphatic rings. The molecule has 1 fully saturated rings. The summed E-state index contributed by atoms with van der Waals surface area (Å²) in [4.78, 5) is 21.9. The van der Waals surface area contributed by atoms with Gasteiger partial charge in [0.25, 0.3) is 5.91 Å². The number of anilines is 1. The van der Waals surface area contributed by atoms with Gasteiger partial charge in [0.05, 0.1) is 40.4 Å². The molecule has 0 spiro atoms. The Morgan fingerprint density at radius 1 is 1.43 bits per heavy atom. The van der Waals surface area contributed by atoms with Crippen LogP contribution in [0.5, 0.6) is 0 Å². The number of aryl methyl sites for hydroxylation is 1. The van der Waals surface area contributed by atoms with Crippen molar-refractivity contribution in [1.29, 1.82) is 0 Å². The van der Waals surface area contributed by atoms with E-state index in [-0.39, 0.29) is 11.4 Å². The summed E-state index contributed by atoms with van der Waals surface area (Å²) in [6.45, 7) is 4.29. The van der Waals surface area contributed by atoms with Crippen molar-refractivity contribution in [1.82, 2.24) is 13.1 Å². The first kappa shape index (κ1) is 19.9. The van der Waals surface area contributed by atoms with Gasteiger partial charge in [0.1, 0.15) is 17.9 Å². The topological polar surface area (TPSA) is 71.3 Å². The number of benzene rings is 1. The Morgan fingerprint density at radius 3 is 2.86 bits per heavy atom. The fourth-order valence-electron chi connectivity index (χ4n) is 3.03. The molecule has 1 amide bonds. The molecule has 1 unspecified atom stereocenters. The number of fused-ring (bicyclic) bond motifs is 1. The second-order valence-electron chi connectivity index (χ2n) is 7.30. The van der Waals surface area contributed by atoms with E-state index < -0.39 is 0 Å². The molecule has 146 valence electrons. The smallest absolute Gasteiger partial charge is 0.267 e. The minimum absolute atomic E-state index is 0.0181. The lowest BCUT2D eigenvalue weighted by Crippen LogP contribution is -2.22. The van der Waals surface area contributed by atoms with E-state index in [0.29, 0.717) is 39.8 Å². The van der Waals surface area contributed by atoms with Crippen LogP contribution in [0.25, 0.3) is 11.1 Å². The lowest BCUT2D eigenvalue weighted by molar-refractivity contribution is 0.0883. The Hall–Kier alpha value is -1.44. The van der Waals surface area contributed by atoms with E-state index in [9.17, 15) is 4.79 Å². The third-order valence-corrected chi connectivity index (χ3v) is 6.40. The van der Waals surface area contributed by atoms with Crippen molar-refractivity contribution < 1.29 is 9.21 Å². The van der Waals surface area contributed by atoms with Crippen LogP contribution < -0.4 is 10.6 Å². The predicted octanol–water partition coefficient (Wildman–Crippen LogP) is 4.64. The Balaban J connectivity index is 1.69. The summed E-state index contributed by atoms with van der Waals surface area (Å²) in [5, 5.41) is 5.70. The highest BCUT2D eigenvalue weighted by atomic mass is 127. The fourth-order valence-corrected chi connectivity index (χ4v) is 4.26. The zero-order valence-corrected chi connectivity index (χ0v) is 19.5. The van der Waals surface area contributed by atoms with Gasteiger partial charge in [0.15, 0.2) is 0 Å². The maximum atomic E-state index is 13.3. The molecule has 3 aromatic rings. The molecule has 1 saturated carbocycles. The summed E-state index contributed by atoms with van der Waals surface area (Å²) in [6.07, 6.45) is 3.60. The number of aromatic nitrogens is 2. The number of halogens is 2. The molecule has 9 heteroatoms. The molecule has 28 heavy (non-hydrogen) atoms. The van der Waals surface area contributed by atoms with E-state index in [1.807, 2.05) is 41.1 Å². The molecule has 2 heterocycles. The summed E-state index contributed by atoms with van der Waals surface area (Å²) >= 11 is 8.35. The zero-order chi connectivity index (χ0) is 20.1. The quantitative estimate of drug-likeness (QED) is 0.297. The standard InChI is InChI=1S/C19H19ClIN4O2P/c1-10-14(18(26)25(21)8-11-3-4-12(28)7-13(11)20)15-16(24-19(2)5-6-19)22-9-23-17(15)27-10/h3-4,7,9H,5-6,8,28H2,1-2H3,(H,22,23,24). The first-order valence-electron chi connectivity index (χ1n) is 8.81. The molecule has 1 N–H and O–H groups in total. The maximum absolute atomic E-state index is 13.3. The average Bonchev–Trinajstić information content (AvgIpc) is 3.25. The highest BCUT2D eigenvalue weighted by Gasteiger charge is 2.38. The monoisotopic (exact) mass is 528 g/mol. The van der Waals surface area contributed by atoms with E-state index in [0.717, 1.165) is 23.7 Å². The third-order valence-electron chi connectivity index (χ3n) is 4.91. The van der Waals surface area contributed by atoms with E-state index in [1.165, 1.54) is 6.33 Å². The van der Waals surface area contributed by atoms with Crippen LogP contribution in [0, 0.1) is 6.92 Å². The van der Waals surface area contributed by atoms with Crippen molar-refractivity contribution in [2.24, 2.45) is 0 Å². The van der Waals surface area contributed by atoms with Crippen LogP contribution in [-0.4, -0.2) is 24.5 Å². The van der Waals surface area contributed by atoms with Crippen LogP contribution in [0.1, 0.15) is 41.4 Å². The number of hydrogen-bond acceptors (Lipinski definition) is 5. The van der Waals surface area contributed by atoms with Gasteiger partial charge < -0.3 is 9.73 Å². The van der Waals surface area contributed by atoms with Gasteiger partial charge in [-0.25, -0.2) is 9.97 Å². The van der Waals surface area contributed by atoms with Crippen molar-refractivity contribution in [3.8, 4) is 0 Å². The van der Waals surface area contributed by atoms with Gasteiger partial charge in [-0.3, -0.25) is 7.91 Å². The molecular formula is C19H19ClIN4O2P. The third kappa shape index (κ3) is 3.84. The fraction of sp³-hybridized carbons (Fsp3) is 0.316. The highest BCUT2D eigenvalue weighted by Crippen LogP contribution is 2.40. The number of nitrogens with zero attached hydrogens (tertiary/aromatic N) is 3. The molecule has 1 aliphatic carbocycles. The Kier molecular flexibility index (Phi) is 5.27. The number of hydrogen-bond donors (Lipinski definition) is 1. The molecule has 6 nitrogen and oxygen atoms in total. The van der Waals surface area contributed by atoms with Crippen LogP contribution in [0.2, 0.25) is 5.02 Å². The zero-order valence-electron chi connectivity index (χ0n) is 15.4. The molecular weight excluding hydrogens is 510 g/mol. The lowest BCUT2D eigenvalue weighted by Gasteiger charge is -2.17. The van der Waals surface area contributed by atoms with E-state index in [2.05, 4.69) is 31.4 Å². The second kappa shape index (κ2) is 7.43. The molecule has 0 bridgehead atoms. The first-order valence-corrected chi connectivity index (χ1v) is 10.7. The van der Waals surface area contributed by atoms with E-state index in [4.69, 9.17) is 16.0 Å². The molecule has 1 aromatic carbocycles. The van der Waals surface area contributed by atoms with E-state index in [1.54, 1.807) is 10.0 Å². The van der Waals surface area contributed by atoms with Crippen molar-refractivity contribution in [3.63, 3.8) is 0 Å². The van der Waals surface area contributed by atoms with Gasteiger partial charge in [0, 0.05) is 10.6 Å². The largest absolute Gasteiger partial charge is 0.442 e. The van der Waals surface area contributed by atoms with E-state index >= 15 is 0 Å². The van der Waals surface area contributed by atoms with Crippen molar-refractivity contribution >= 4 is 71.8 Å². The summed E-state index contributed by atoms with van der Waals surface area (Å²) in [7, 11) is 2.61. The summed E-state index contributed by atoms with van der Waals surface area (Å²) in [6, 6.07) is 5.74. The minimum atomic E-state index is -0.165. The van der Waals surface area contributed by atoms with Gasteiger partial charge in [-0.05, 0) is 43.6 Å². The molecule has 4 rings (SSSR count). The van der Waals surface area contributed by atoms with Crippen LogP contribution in [0.4, 0.5) is 5.82 Å². The van der Waals surface area contributed by atoms with Crippen LogP contribution >= 0.6 is 43.7 Å². The number of rotatable bonds is 5. The SMILES string of the molecule is Cc1oc2ncnc(NC3(C)CC3)c2c1C(=O)N(I)Cc1ccc(P)cc1Cl. The van der Waals surface area contributed by atoms with Gasteiger partial charge in [-0.15, -0.1) is 9.24 Å². The molecule has 0 radical (unpaired) electrons. The Bertz CT molecular complexity index is 1080. The van der Waals surface area contributed by atoms with Crippen molar-refractivity contribution in [2.45, 2.75) is 38.8 Å². The highest BCUT2D eigenvalue weighted by molar-refractivity contribution is 14.1. The van der Waals surface area contributed by atoms with Gasteiger partial charge in [0.2, 0.25) is 5.71 Å². The van der Waals surface area contributed by atoms with Crippen LogP contribution in [0.15, 0.2) is 28.9 Å². The average molecular weight is 529 g/mol. The lowest BCUT2D eigenvalue weighted by atomic mass is 10.1. The molecule has 0 aliphatic heterocycles. The maximum Gasteiger partial charge on any atom is 0.267 e. The molecule has 1 atom stereocenters. The van der Waals surface area contributed by atoms with Crippen LogP contribution in [0.3, 0.4) is 0 Å². The summed E-state index contributed by atoms with van der Waals surface area (Å²) in [5.74, 6) is 1.000. The predicted molar refractivity (Wildman–Crippen MR) is 122 cm³/mol. The molecule has 2 aromatic heterocycles. The summed E-state index contributed by atoms with van der Waals surface area (Å²) < 4.78 is 7.37. The molecule has 0 saturated heterocycles. The minimum Gasteiger partial charge on any atom is -0.442 e.